The fraction of sp³-hybridized carbons (Fsp3) is 0.296. The zero-order valence-corrected chi connectivity index (χ0v) is 19.3. The fourth-order valence-electron chi connectivity index (χ4n) is 4.32. The van der Waals surface area contributed by atoms with Crippen LogP contribution in [0.1, 0.15) is 24.0 Å². The third-order valence-corrected chi connectivity index (χ3v) is 5.95. The zero-order valence-electron chi connectivity index (χ0n) is 19.3. The van der Waals surface area contributed by atoms with Crippen molar-refractivity contribution in [2.75, 3.05) is 20.1 Å². The molecule has 1 unspecified atom stereocenters. The molecule has 1 saturated heterocycles. The van der Waals surface area contributed by atoms with Gasteiger partial charge in [-0.15, -0.1) is 0 Å². The van der Waals surface area contributed by atoms with E-state index < -0.39 is 11.9 Å². The van der Waals surface area contributed by atoms with E-state index in [0.29, 0.717) is 6.54 Å². The zero-order chi connectivity index (χ0) is 24.5. The maximum absolute atomic E-state index is 13.0. The molecule has 1 fully saturated rings. The average Bonchev–Trinajstić information content (AvgIpc) is 2.85. The highest BCUT2D eigenvalue weighted by Gasteiger charge is 2.28. The van der Waals surface area contributed by atoms with Crippen LogP contribution in [0.4, 0.5) is 0 Å². The number of carbonyl (C=O) groups is 3. The highest BCUT2D eigenvalue weighted by Crippen LogP contribution is 2.24. The summed E-state index contributed by atoms with van der Waals surface area (Å²) in [4.78, 5) is 35.6. The monoisotopic (exact) mass is 462 g/mol. The molecule has 1 aliphatic heterocycles. The van der Waals surface area contributed by atoms with E-state index in [1.807, 2.05) is 30.1 Å². The second-order valence-corrected chi connectivity index (χ2v) is 8.50. The first kappa shape index (κ1) is 24.9. The lowest BCUT2D eigenvalue weighted by atomic mass is 9.95. The van der Waals surface area contributed by atoms with Crippen LogP contribution in [0.2, 0.25) is 0 Å². The lowest BCUT2D eigenvalue weighted by molar-refractivity contribution is -0.159. The lowest BCUT2D eigenvalue weighted by Gasteiger charge is -2.34. The normalized spacial score (nSPS) is 15.7. The van der Waals surface area contributed by atoms with Gasteiger partial charge in [0.1, 0.15) is 0 Å². The van der Waals surface area contributed by atoms with Gasteiger partial charge in [0.15, 0.2) is 0 Å². The quantitative estimate of drug-likeness (QED) is 0.559. The standard InChI is InChI=1S/C25H28N2O.C2H2O4/c1-26(17-20-9-3-2-4-10-20)25(28)23-14-8-16-27(19-23)18-22-13-7-12-21-11-5-6-15-24(21)22;3-1(4)2(5)6/h2-7,9-13,15,23H,8,14,16-19H2,1H3;(H,3,4)(H,5,6). The molecular weight excluding hydrogens is 432 g/mol. The number of likely N-dealkylation sites (tertiary alicyclic amines) is 1. The van der Waals surface area contributed by atoms with Gasteiger partial charge in [0.25, 0.3) is 0 Å². The smallest absolute Gasteiger partial charge is 0.414 e. The SMILES string of the molecule is CN(Cc1ccccc1)C(=O)C1CCCN(Cc2cccc3ccccc23)C1.O=C(O)C(=O)O. The van der Waals surface area contributed by atoms with Gasteiger partial charge < -0.3 is 15.1 Å². The Morgan fingerprint density at radius 1 is 0.912 bits per heavy atom. The number of carbonyl (C=O) groups excluding carboxylic acids is 1. The van der Waals surface area contributed by atoms with E-state index in [1.54, 1.807) is 0 Å². The third kappa shape index (κ3) is 6.89. The van der Waals surface area contributed by atoms with Crippen LogP contribution in [0.5, 0.6) is 0 Å². The summed E-state index contributed by atoms with van der Waals surface area (Å²) in [6.07, 6.45) is 2.07. The van der Waals surface area contributed by atoms with Gasteiger partial charge >= 0.3 is 11.9 Å². The summed E-state index contributed by atoms with van der Waals surface area (Å²) in [5.74, 6) is -3.28. The number of benzene rings is 3. The Balaban J connectivity index is 0.000000481. The molecule has 0 saturated carbocycles. The van der Waals surface area contributed by atoms with Crippen molar-refractivity contribution in [3.63, 3.8) is 0 Å². The van der Waals surface area contributed by atoms with Gasteiger partial charge in [0.05, 0.1) is 5.92 Å². The number of rotatable bonds is 5. The molecule has 4 rings (SSSR count). The van der Waals surface area contributed by atoms with Crippen LogP contribution in [0.3, 0.4) is 0 Å². The number of carboxylic acids is 2. The molecule has 3 aromatic carbocycles. The van der Waals surface area contributed by atoms with Crippen molar-refractivity contribution >= 4 is 28.6 Å². The minimum Gasteiger partial charge on any atom is -0.473 e. The second-order valence-electron chi connectivity index (χ2n) is 8.50. The van der Waals surface area contributed by atoms with E-state index in [4.69, 9.17) is 19.8 Å². The molecule has 34 heavy (non-hydrogen) atoms. The summed E-state index contributed by atoms with van der Waals surface area (Å²) in [6.45, 7) is 3.50. The van der Waals surface area contributed by atoms with Crippen LogP contribution in [0, 0.1) is 5.92 Å². The molecule has 1 atom stereocenters. The van der Waals surface area contributed by atoms with Gasteiger partial charge in [0.2, 0.25) is 5.91 Å². The number of hydrogen-bond acceptors (Lipinski definition) is 4. The van der Waals surface area contributed by atoms with Crippen LogP contribution in [0.15, 0.2) is 72.8 Å². The molecule has 7 nitrogen and oxygen atoms in total. The van der Waals surface area contributed by atoms with Crippen molar-refractivity contribution in [3.05, 3.63) is 83.9 Å². The lowest BCUT2D eigenvalue weighted by Crippen LogP contribution is -2.43. The Hall–Kier alpha value is -3.71. The molecule has 0 radical (unpaired) electrons. The first-order valence-electron chi connectivity index (χ1n) is 11.3. The maximum atomic E-state index is 13.0. The molecule has 1 heterocycles. The van der Waals surface area contributed by atoms with Crippen molar-refractivity contribution in [1.82, 2.24) is 9.80 Å². The molecule has 2 N–H and O–H groups in total. The van der Waals surface area contributed by atoms with Crippen molar-refractivity contribution in [3.8, 4) is 0 Å². The minimum absolute atomic E-state index is 0.0949. The van der Waals surface area contributed by atoms with E-state index in [0.717, 1.165) is 32.5 Å². The Bertz CT molecular complexity index is 1110. The summed E-state index contributed by atoms with van der Waals surface area (Å²) < 4.78 is 0. The number of piperidine rings is 1. The Morgan fingerprint density at radius 3 is 2.26 bits per heavy atom. The molecule has 7 heteroatoms. The molecule has 1 aliphatic rings. The average molecular weight is 463 g/mol. The first-order chi connectivity index (χ1) is 16.3. The predicted octanol–water partition coefficient (Wildman–Crippen LogP) is 3.87. The predicted molar refractivity (Wildman–Crippen MR) is 130 cm³/mol. The van der Waals surface area contributed by atoms with Crippen LogP contribution < -0.4 is 0 Å². The molecule has 0 aromatic heterocycles. The molecular formula is C27H30N2O5. The Kier molecular flexibility index (Phi) is 8.76. The molecule has 178 valence electrons. The van der Waals surface area contributed by atoms with Gasteiger partial charge in [0, 0.05) is 26.7 Å². The van der Waals surface area contributed by atoms with E-state index in [9.17, 15) is 4.79 Å². The highest BCUT2D eigenvalue weighted by atomic mass is 16.4. The molecule has 0 aliphatic carbocycles. The van der Waals surface area contributed by atoms with Crippen LogP contribution in [-0.2, 0) is 27.5 Å². The van der Waals surface area contributed by atoms with E-state index in [2.05, 4.69) is 59.5 Å². The third-order valence-electron chi connectivity index (χ3n) is 5.95. The van der Waals surface area contributed by atoms with Crippen LogP contribution in [-0.4, -0.2) is 58.0 Å². The highest BCUT2D eigenvalue weighted by molar-refractivity contribution is 6.27. The summed E-state index contributed by atoms with van der Waals surface area (Å²) in [7, 11) is 1.93. The van der Waals surface area contributed by atoms with Gasteiger partial charge in [-0.3, -0.25) is 9.69 Å². The van der Waals surface area contributed by atoms with Gasteiger partial charge in [-0.2, -0.15) is 0 Å². The molecule has 0 bridgehead atoms. The van der Waals surface area contributed by atoms with E-state index >= 15 is 0 Å². The first-order valence-corrected chi connectivity index (χ1v) is 11.3. The summed E-state index contributed by atoms with van der Waals surface area (Å²) in [5, 5.41) is 17.4. The molecule has 3 aromatic rings. The number of fused-ring (bicyclic) bond motifs is 1. The van der Waals surface area contributed by atoms with Crippen molar-refractivity contribution < 1.29 is 24.6 Å². The van der Waals surface area contributed by atoms with Gasteiger partial charge in [-0.05, 0) is 41.3 Å². The van der Waals surface area contributed by atoms with Gasteiger partial charge in [-0.1, -0.05) is 72.8 Å². The number of hydrogen-bond donors (Lipinski definition) is 2. The molecule has 0 spiro atoms. The number of amides is 1. The molecule has 1 amide bonds. The van der Waals surface area contributed by atoms with Crippen LogP contribution in [0.25, 0.3) is 10.8 Å². The fourth-order valence-corrected chi connectivity index (χ4v) is 4.32. The van der Waals surface area contributed by atoms with Crippen LogP contribution >= 0.6 is 0 Å². The van der Waals surface area contributed by atoms with Crippen molar-refractivity contribution in [2.24, 2.45) is 5.92 Å². The van der Waals surface area contributed by atoms with E-state index in [1.165, 1.54) is 21.9 Å². The Labute approximate surface area is 199 Å². The Morgan fingerprint density at radius 2 is 1.56 bits per heavy atom. The topological polar surface area (TPSA) is 98.2 Å². The second kappa shape index (κ2) is 12.0. The van der Waals surface area contributed by atoms with Crippen molar-refractivity contribution in [1.29, 1.82) is 0 Å². The summed E-state index contributed by atoms with van der Waals surface area (Å²) in [6, 6.07) is 25.3. The van der Waals surface area contributed by atoms with Gasteiger partial charge in [-0.25, -0.2) is 9.59 Å². The number of carboxylic acid groups (broad SMARTS) is 2. The minimum atomic E-state index is -1.82. The number of nitrogens with zero attached hydrogens (tertiary/aromatic N) is 2. The number of aliphatic carboxylic acids is 2. The largest absolute Gasteiger partial charge is 0.473 e. The summed E-state index contributed by atoms with van der Waals surface area (Å²) >= 11 is 0. The maximum Gasteiger partial charge on any atom is 0.414 e. The van der Waals surface area contributed by atoms with E-state index in [-0.39, 0.29) is 11.8 Å². The van der Waals surface area contributed by atoms with Crippen molar-refractivity contribution in [2.45, 2.75) is 25.9 Å². The summed E-state index contributed by atoms with van der Waals surface area (Å²) in [5.41, 5.74) is 2.53.